The summed E-state index contributed by atoms with van der Waals surface area (Å²) in [6.07, 6.45) is 3.79. The molecule has 1 aliphatic heterocycles. The van der Waals surface area contributed by atoms with Gasteiger partial charge in [0.05, 0.1) is 24.8 Å². The number of benzene rings is 1. The topological polar surface area (TPSA) is 47.9 Å². The lowest BCUT2D eigenvalue weighted by Gasteiger charge is -2.10. The number of isocyanates is 1. The second-order valence-electron chi connectivity index (χ2n) is 4.89. The smallest absolute Gasteiger partial charge is 0.235 e. The molecule has 1 aromatic carbocycles. The molecule has 0 bridgehead atoms. The molecule has 0 aromatic heterocycles. The third-order valence-electron chi connectivity index (χ3n) is 3.41. The van der Waals surface area contributed by atoms with Gasteiger partial charge in [-0.1, -0.05) is 11.6 Å². The Morgan fingerprint density at radius 3 is 2.83 bits per heavy atom. The molecule has 1 aliphatic carbocycles. The Balaban J connectivity index is 1.91. The summed E-state index contributed by atoms with van der Waals surface area (Å²) in [6.45, 7) is 1.58. The number of hydrogen-bond donors (Lipinski definition) is 0. The molecule has 18 heavy (non-hydrogen) atoms. The Labute approximate surface area is 110 Å². The highest BCUT2D eigenvalue weighted by Gasteiger charge is 2.46. The van der Waals surface area contributed by atoms with Crippen LogP contribution in [0.15, 0.2) is 17.1 Å². The minimum Gasteiger partial charge on any atom is -0.489 e. The van der Waals surface area contributed by atoms with Crippen LogP contribution in [-0.4, -0.2) is 19.3 Å². The monoisotopic (exact) mass is 265 g/mol. The van der Waals surface area contributed by atoms with Crippen LogP contribution in [0.4, 0.5) is 0 Å². The molecule has 0 saturated heterocycles. The zero-order chi connectivity index (χ0) is 12.6. The van der Waals surface area contributed by atoms with Crippen LogP contribution in [0.2, 0.25) is 5.02 Å². The maximum Gasteiger partial charge on any atom is 0.235 e. The molecular weight excluding hydrogens is 254 g/mol. The van der Waals surface area contributed by atoms with Crippen molar-refractivity contribution in [2.24, 2.45) is 10.4 Å². The van der Waals surface area contributed by atoms with Crippen LogP contribution in [0, 0.1) is 5.41 Å². The van der Waals surface area contributed by atoms with E-state index in [0.29, 0.717) is 29.7 Å². The van der Waals surface area contributed by atoms with Gasteiger partial charge in [-0.2, -0.15) is 0 Å². The van der Waals surface area contributed by atoms with Crippen LogP contribution in [0.25, 0.3) is 0 Å². The van der Waals surface area contributed by atoms with Crippen molar-refractivity contribution in [1.82, 2.24) is 0 Å². The number of fused-ring (bicyclic) bond motifs is 1. The van der Waals surface area contributed by atoms with Gasteiger partial charge in [-0.05, 0) is 30.5 Å². The Bertz CT molecular complexity index is 533. The van der Waals surface area contributed by atoms with Crippen molar-refractivity contribution in [2.75, 3.05) is 13.2 Å². The fourth-order valence-electron chi connectivity index (χ4n) is 2.05. The fourth-order valence-corrected chi connectivity index (χ4v) is 2.33. The summed E-state index contributed by atoms with van der Waals surface area (Å²) in [7, 11) is 0. The number of ether oxygens (including phenoxy) is 2. The Kier molecular flexibility index (Phi) is 2.77. The zero-order valence-corrected chi connectivity index (χ0v) is 10.5. The summed E-state index contributed by atoms with van der Waals surface area (Å²) in [4.78, 5) is 13.7. The van der Waals surface area contributed by atoms with Crippen LogP contribution >= 0.6 is 11.6 Å². The minimum absolute atomic E-state index is 0.184. The van der Waals surface area contributed by atoms with Gasteiger partial charge in [0.25, 0.3) is 0 Å². The first-order valence-corrected chi connectivity index (χ1v) is 6.22. The van der Waals surface area contributed by atoms with E-state index in [1.54, 1.807) is 6.07 Å². The molecule has 0 radical (unpaired) electrons. The van der Waals surface area contributed by atoms with Gasteiger partial charge < -0.3 is 9.47 Å². The Morgan fingerprint density at radius 1 is 1.33 bits per heavy atom. The van der Waals surface area contributed by atoms with Gasteiger partial charge in [0.2, 0.25) is 6.08 Å². The predicted octanol–water partition coefficient (Wildman–Crippen LogP) is 2.73. The van der Waals surface area contributed by atoms with Crippen LogP contribution in [0.1, 0.15) is 18.4 Å². The molecule has 0 N–H and O–H groups in total. The highest BCUT2D eigenvalue weighted by Crippen LogP contribution is 2.50. The summed E-state index contributed by atoms with van der Waals surface area (Å²) in [5.41, 5.74) is 1.00. The quantitative estimate of drug-likeness (QED) is 0.610. The molecule has 1 saturated carbocycles. The number of nitrogens with zero attached hydrogens (tertiary/aromatic N) is 1. The summed E-state index contributed by atoms with van der Waals surface area (Å²) < 4.78 is 11.5. The number of carbonyl (C=O) groups excluding carboxylic acids is 1. The van der Waals surface area contributed by atoms with Gasteiger partial charge >= 0.3 is 0 Å². The summed E-state index contributed by atoms with van der Waals surface area (Å²) in [6, 6.07) is 3.57. The van der Waals surface area contributed by atoms with E-state index in [9.17, 15) is 4.79 Å². The van der Waals surface area contributed by atoms with Gasteiger partial charge in [-0.3, -0.25) is 0 Å². The second-order valence-corrected chi connectivity index (χ2v) is 5.30. The highest BCUT2D eigenvalue weighted by molar-refractivity contribution is 6.32. The molecule has 4 nitrogen and oxygen atoms in total. The first kappa shape index (κ1) is 11.6. The van der Waals surface area contributed by atoms with E-state index in [2.05, 4.69) is 4.99 Å². The largest absolute Gasteiger partial charge is 0.489 e. The fraction of sp³-hybridized carbons (Fsp3) is 0.462. The van der Waals surface area contributed by atoms with E-state index in [1.807, 2.05) is 6.07 Å². The molecular formula is C13H12ClNO3. The lowest BCUT2D eigenvalue weighted by atomic mass is 10.1. The van der Waals surface area contributed by atoms with E-state index >= 15 is 0 Å². The van der Waals surface area contributed by atoms with E-state index < -0.39 is 0 Å². The normalized spacial score (nSPS) is 18.9. The molecule has 2 aliphatic rings. The van der Waals surface area contributed by atoms with Gasteiger partial charge in [-0.25, -0.2) is 9.79 Å². The number of rotatable bonds is 2. The van der Waals surface area contributed by atoms with Crippen molar-refractivity contribution in [2.45, 2.75) is 19.4 Å². The molecule has 5 heteroatoms. The maximum atomic E-state index is 10.1. The van der Waals surface area contributed by atoms with Gasteiger partial charge in [0, 0.05) is 5.41 Å². The molecule has 1 fully saturated rings. The minimum atomic E-state index is 0.184. The van der Waals surface area contributed by atoms with E-state index in [4.69, 9.17) is 21.1 Å². The molecule has 1 heterocycles. The second kappa shape index (κ2) is 4.30. The number of hydrogen-bond acceptors (Lipinski definition) is 4. The molecule has 1 spiro atoms. The van der Waals surface area contributed by atoms with E-state index in [1.165, 1.54) is 6.08 Å². The summed E-state index contributed by atoms with van der Waals surface area (Å²) >= 11 is 6.17. The van der Waals surface area contributed by atoms with Crippen molar-refractivity contribution in [3.63, 3.8) is 0 Å². The van der Waals surface area contributed by atoms with Crippen molar-refractivity contribution in [3.8, 4) is 11.5 Å². The molecule has 0 unspecified atom stereocenters. The lowest BCUT2D eigenvalue weighted by molar-refractivity contribution is 0.197. The first-order chi connectivity index (χ1) is 8.72. The van der Waals surface area contributed by atoms with Crippen LogP contribution in [0.5, 0.6) is 11.5 Å². The van der Waals surface area contributed by atoms with Crippen molar-refractivity contribution in [3.05, 3.63) is 22.7 Å². The van der Waals surface area contributed by atoms with Gasteiger partial charge in [-0.15, -0.1) is 0 Å². The summed E-state index contributed by atoms with van der Waals surface area (Å²) in [5, 5.41) is 0.501. The maximum absolute atomic E-state index is 10.1. The van der Waals surface area contributed by atoms with Crippen molar-refractivity contribution < 1.29 is 14.3 Å². The Morgan fingerprint density at radius 2 is 2.11 bits per heavy atom. The Hall–Kier alpha value is -1.51. The third kappa shape index (κ3) is 2.09. The van der Waals surface area contributed by atoms with Crippen molar-refractivity contribution in [1.29, 1.82) is 0 Å². The van der Waals surface area contributed by atoms with E-state index in [-0.39, 0.29) is 12.0 Å². The standard InChI is InChI=1S/C13H12ClNO3/c14-10-3-9(5-15-8-16)4-11-12(10)18-7-13(1-2-13)6-17-11/h3-4H,1-2,5-7H2. The van der Waals surface area contributed by atoms with Crippen LogP contribution in [-0.2, 0) is 11.3 Å². The molecule has 0 atom stereocenters. The molecule has 94 valence electrons. The van der Waals surface area contributed by atoms with Gasteiger partial charge in [0.15, 0.2) is 11.5 Å². The molecule has 0 amide bonds. The predicted molar refractivity (Wildman–Crippen MR) is 65.9 cm³/mol. The van der Waals surface area contributed by atoms with Crippen LogP contribution < -0.4 is 9.47 Å². The first-order valence-electron chi connectivity index (χ1n) is 5.84. The molecule has 1 aromatic rings. The summed E-state index contributed by atoms with van der Waals surface area (Å²) in [5.74, 6) is 1.24. The van der Waals surface area contributed by atoms with Gasteiger partial charge in [0.1, 0.15) is 0 Å². The SMILES string of the molecule is O=C=NCc1cc(Cl)c2c(c1)OCC1(CC1)CO2. The third-order valence-corrected chi connectivity index (χ3v) is 3.69. The number of aliphatic imine (C=N–C) groups is 1. The average molecular weight is 266 g/mol. The van der Waals surface area contributed by atoms with E-state index in [0.717, 1.165) is 18.4 Å². The van der Waals surface area contributed by atoms with Crippen LogP contribution in [0.3, 0.4) is 0 Å². The lowest BCUT2D eigenvalue weighted by Crippen LogP contribution is -2.17. The average Bonchev–Trinajstić information content (AvgIpc) is 3.15. The number of halogens is 1. The highest BCUT2D eigenvalue weighted by atomic mass is 35.5. The molecule has 3 rings (SSSR count). The zero-order valence-electron chi connectivity index (χ0n) is 9.74. The van der Waals surface area contributed by atoms with Crippen molar-refractivity contribution >= 4 is 17.7 Å².